The number of amides is 1. The summed E-state index contributed by atoms with van der Waals surface area (Å²) in [5, 5.41) is 2.75. The summed E-state index contributed by atoms with van der Waals surface area (Å²) in [4.78, 5) is 30.2. The second-order valence-corrected chi connectivity index (χ2v) is 6.57. The summed E-state index contributed by atoms with van der Waals surface area (Å²) in [5.41, 5.74) is 2.23. The number of para-hydroxylation sites is 2. The van der Waals surface area contributed by atoms with Crippen molar-refractivity contribution in [3.8, 4) is 11.5 Å². The van der Waals surface area contributed by atoms with E-state index in [1.807, 2.05) is 34.9 Å². The molecule has 0 radical (unpaired) electrons. The number of carbonyl (C=O) groups is 2. The van der Waals surface area contributed by atoms with E-state index in [1.54, 1.807) is 26.2 Å². The highest BCUT2D eigenvalue weighted by molar-refractivity contribution is 6.07. The van der Waals surface area contributed by atoms with Gasteiger partial charge in [0.05, 0.1) is 37.9 Å². The van der Waals surface area contributed by atoms with Gasteiger partial charge in [-0.05, 0) is 36.8 Å². The Morgan fingerprint density at radius 1 is 1.14 bits per heavy atom. The minimum absolute atomic E-state index is 0.179. The smallest absolute Gasteiger partial charge is 0.321 e. The Kier molecular flexibility index (Phi) is 4.84. The van der Waals surface area contributed by atoms with Gasteiger partial charge in [0, 0.05) is 0 Å². The van der Waals surface area contributed by atoms with Crippen molar-refractivity contribution in [3.05, 3.63) is 48.0 Å². The molecule has 0 fully saturated rings. The van der Waals surface area contributed by atoms with Crippen LogP contribution in [0.3, 0.4) is 0 Å². The summed E-state index contributed by atoms with van der Waals surface area (Å²) in [6.07, 6.45) is 0. The number of benzene rings is 2. The van der Waals surface area contributed by atoms with E-state index in [-0.39, 0.29) is 6.61 Å². The number of anilines is 1. The molecular formula is C21H21N3O5. The van der Waals surface area contributed by atoms with Crippen LogP contribution in [0.4, 0.5) is 5.95 Å². The second kappa shape index (κ2) is 7.46. The fourth-order valence-corrected chi connectivity index (χ4v) is 3.74. The molecule has 2 heterocycles. The Hall–Kier alpha value is -3.55. The van der Waals surface area contributed by atoms with Crippen molar-refractivity contribution >= 4 is 28.9 Å². The molecule has 2 aromatic carbocycles. The quantitative estimate of drug-likeness (QED) is 0.528. The Morgan fingerprint density at radius 3 is 2.62 bits per heavy atom. The predicted octanol–water partition coefficient (Wildman–Crippen LogP) is 2.77. The first-order chi connectivity index (χ1) is 14.1. The van der Waals surface area contributed by atoms with Crippen molar-refractivity contribution in [2.75, 3.05) is 26.1 Å². The number of nitrogens with one attached hydrogen (secondary N) is 1. The Labute approximate surface area is 167 Å². The molecule has 1 aromatic heterocycles. The van der Waals surface area contributed by atoms with Crippen LogP contribution in [0.2, 0.25) is 0 Å². The van der Waals surface area contributed by atoms with Crippen molar-refractivity contribution in [2.45, 2.75) is 13.0 Å². The average Bonchev–Trinajstić information content (AvgIpc) is 3.10. The Balaban J connectivity index is 1.96. The zero-order valence-electron chi connectivity index (χ0n) is 16.3. The molecular weight excluding hydrogens is 374 g/mol. The number of methoxy groups -OCH3 is 2. The van der Waals surface area contributed by atoms with Crippen molar-refractivity contribution in [2.24, 2.45) is 5.92 Å². The highest BCUT2D eigenvalue weighted by Gasteiger charge is 2.44. The lowest BCUT2D eigenvalue weighted by Crippen LogP contribution is -2.43. The molecule has 1 aliphatic heterocycles. The minimum Gasteiger partial charge on any atom is -0.493 e. The lowest BCUT2D eigenvalue weighted by molar-refractivity contribution is -0.152. The summed E-state index contributed by atoms with van der Waals surface area (Å²) in [6.45, 7) is 1.89. The molecule has 1 aliphatic rings. The third kappa shape index (κ3) is 3.06. The van der Waals surface area contributed by atoms with Gasteiger partial charge >= 0.3 is 5.97 Å². The molecule has 0 saturated carbocycles. The van der Waals surface area contributed by atoms with Crippen LogP contribution >= 0.6 is 0 Å². The van der Waals surface area contributed by atoms with Crippen LogP contribution < -0.4 is 14.8 Å². The van der Waals surface area contributed by atoms with Crippen LogP contribution in [-0.4, -0.2) is 42.3 Å². The first kappa shape index (κ1) is 18.8. The number of hydrogen-bond donors (Lipinski definition) is 1. The topological polar surface area (TPSA) is 91.7 Å². The van der Waals surface area contributed by atoms with Crippen LogP contribution in [0, 0.1) is 5.92 Å². The van der Waals surface area contributed by atoms with E-state index >= 15 is 0 Å². The lowest BCUT2D eigenvalue weighted by Gasteiger charge is -2.32. The van der Waals surface area contributed by atoms with E-state index in [1.165, 1.54) is 7.11 Å². The monoisotopic (exact) mass is 395 g/mol. The van der Waals surface area contributed by atoms with Gasteiger partial charge in [0.25, 0.3) is 0 Å². The molecule has 29 heavy (non-hydrogen) atoms. The molecule has 8 nitrogen and oxygen atoms in total. The SMILES string of the molecule is CCOC(=O)[C@H]1C(=O)Nc2nc3ccccc3n2[C@H]1c1ccc(OC)c(OC)c1. The van der Waals surface area contributed by atoms with Crippen LogP contribution in [-0.2, 0) is 14.3 Å². The maximum absolute atomic E-state index is 12.9. The first-order valence-corrected chi connectivity index (χ1v) is 9.25. The molecule has 2 atom stereocenters. The van der Waals surface area contributed by atoms with Crippen molar-refractivity contribution in [1.82, 2.24) is 9.55 Å². The molecule has 8 heteroatoms. The number of carbonyl (C=O) groups excluding carboxylic acids is 2. The number of aromatic nitrogens is 2. The predicted molar refractivity (Wildman–Crippen MR) is 106 cm³/mol. The zero-order chi connectivity index (χ0) is 20.5. The molecule has 0 aliphatic carbocycles. The summed E-state index contributed by atoms with van der Waals surface area (Å²) >= 11 is 0. The van der Waals surface area contributed by atoms with E-state index in [0.29, 0.717) is 23.0 Å². The Bertz CT molecular complexity index is 1090. The average molecular weight is 395 g/mol. The minimum atomic E-state index is -1.07. The molecule has 1 N–H and O–H groups in total. The highest BCUT2D eigenvalue weighted by atomic mass is 16.5. The summed E-state index contributed by atoms with van der Waals surface area (Å²) in [6, 6.07) is 12.2. The second-order valence-electron chi connectivity index (χ2n) is 6.57. The number of ether oxygens (including phenoxy) is 3. The number of fused-ring (bicyclic) bond motifs is 3. The number of rotatable bonds is 5. The first-order valence-electron chi connectivity index (χ1n) is 9.25. The maximum Gasteiger partial charge on any atom is 0.321 e. The molecule has 4 rings (SSSR count). The van der Waals surface area contributed by atoms with Crippen molar-refractivity contribution in [1.29, 1.82) is 0 Å². The van der Waals surface area contributed by atoms with E-state index in [0.717, 1.165) is 11.0 Å². The molecule has 150 valence electrons. The normalized spacial score (nSPS) is 18.1. The lowest BCUT2D eigenvalue weighted by atomic mass is 9.90. The van der Waals surface area contributed by atoms with Gasteiger partial charge in [-0.3, -0.25) is 14.9 Å². The van der Waals surface area contributed by atoms with Gasteiger partial charge in [0.1, 0.15) is 0 Å². The summed E-state index contributed by atoms with van der Waals surface area (Å²) in [7, 11) is 3.09. The van der Waals surface area contributed by atoms with E-state index in [9.17, 15) is 9.59 Å². The standard InChI is InChI=1S/C21H21N3O5/c1-4-29-20(26)17-18(12-9-10-15(27-2)16(11-12)28-3)24-14-8-6-5-7-13(14)22-21(24)23-19(17)25/h5-11,17-18H,4H2,1-3H3,(H,22,23,25)/t17-,18+/m1/s1. The summed E-state index contributed by atoms with van der Waals surface area (Å²) in [5.74, 6) is -0.668. The van der Waals surface area contributed by atoms with Crippen LogP contribution in [0.1, 0.15) is 18.5 Å². The number of esters is 1. The van der Waals surface area contributed by atoms with Crippen molar-refractivity contribution in [3.63, 3.8) is 0 Å². The highest BCUT2D eigenvalue weighted by Crippen LogP contribution is 2.41. The van der Waals surface area contributed by atoms with Gasteiger partial charge in [-0.1, -0.05) is 18.2 Å². The van der Waals surface area contributed by atoms with Crippen molar-refractivity contribution < 1.29 is 23.8 Å². The molecule has 0 saturated heterocycles. The van der Waals surface area contributed by atoms with Gasteiger partial charge < -0.3 is 18.8 Å². The third-order valence-electron chi connectivity index (χ3n) is 5.00. The van der Waals surface area contributed by atoms with Gasteiger partial charge in [0.2, 0.25) is 11.9 Å². The number of hydrogen-bond acceptors (Lipinski definition) is 6. The van der Waals surface area contributed by atoms with Gasteiger partial charge in [-0.15, -0.1) is 0 Å². The number of imidazole rings is 1. The van der Waals surface area contributed by atoms with Crippen LogP contribution in [0.15, 0.2) is 42.5 Å². The van der Waals surface area contributed by atoms with E-state index in [2.05, 4.69) is 10.3 Å². The van der Waals surface area contributed by atoms with E-state index < -0.39 is 23.8 Å². The summed E-state index contributed by atoms with van der Waals surface area (Å²) < 4.78 is 17.8. The van der Waals surface area contributed by atoms with E-state index in [4.69, 9.17) is 14.2 Å². The fraction of sp³-hybridized carbons (Fsp3) is 0.286. The van der Waals surface area contributed by atoms with Gasteiger partial charge in [-0.25, -0.2) is 4.98 Å². The van der Waals surface area contributed by atoms with Crippen LogP contribution in [0.25, 0.3) is 11.0 Å². The Morgan fingerprint density at radius 2 is 1.90 bits per heavy atom. The molecule has 0 unspecified atom stereocenters. The molecule has 0 spiro atoms. The van der Waals surface area contributed by atoms with Gasteiger partial charge in [-0.2, -0.15) is 0 Å². The number of nitrogens with zero attached hydrogens (tertiary/aromatic N) is 2. The maximum atomic E-state index is 12.9. The molecule has 1 amide bonds. The van der Waals surface area contributed by atoms with Gasteiger partial charge in [0.15, 0.2) is 17.4 Å². The fourth-order valence-electron chi connectivity index (χ4n) is 3.74. The van der Waals surface area contributed by atoms with Crippen LogP contribution in [0.5, 0.6) is 11.5 Å². The largest absolute Gasteiger partial charge is 0.493 e. The third-order valence-corrected chi connectivity index (χ3v) is 5.00. The molecule has 0 bridgehead atoms. The zero-order valence-corrected chi connectivity index (χ0v) is 16.3. The molecule has 3 aromatic rings.